The van der Waals surface area contributed by atoms with Gasteiger partial charge in [0.2, 0.25) is 0 Å². The van der Waals surface area contributed by atoms with Crippen molar-refractivity contribution in [1.29, 1.82) is 0 Å². The summed E-state index contributed by atoms with van der Waals surface area (Å²) in [6, 6.07) is 5.03. The van der Waals surface area contributed by atoms with Crippen LogP contribution < -0.4 is 9.47 Å². The van der Waals surface area contributed by atoms with Gasteiger partial charge in [-0.25, -0.2) is 0 Å². The lowest BCUT2D eigenvalue weighted by Gasteiger charge is -2.06. The molecule has 0 fully saturated rings. The van der Waals surface area contributed by atoms with Gasteiger partial charge in [0.05, 0.1) is 16.5 Å². The molecule has 0 amide bonds. The average molecular weight is 328 g/mol. The van der Waals surface area contributed by atoms with Crippen molar-refractivity contribution in [3.63, 3.8) is 0 Å². The van der Waals surface area contributed by atoms with E-state index < -0.39 is 4.92 Å². The molecule has 0 N–H and O–H groups in total. The van der Waals surface area contributed by atoms with Crippen molar-refractivity contribution in [3.8, 4) is 17.4 Å². The van der Waals surface area contributed by atoms with Crippen LogP contribution in [0.4, 0.5) is 5.69 Å². The van der Waals surface area contributed by atoms with Crippen LogP contribution in [0.5, 0.6) is 17.4 Å². The fraction of sp³-hybridized carbons (Fsp3) is 0.182. The zero-order valence-electron chi connectivity index (χ0n) is 10.2. The van der Waals surface area contributed by atoms with Gasteiger partial charge >= 0.3 is 11.6 Å². The van der Waals surface area contributed by atoms with E-state index in [9.17, 15) is 10.1 Å². The van der Waals surface area contributed by atoms with E-state index in [1.54, 1.807) is 32.4 Å². The summed E-state index contributed by atoms with van der Waals surface area (Å²) in [6.45, 7) is 0. The van der Waals surface area contributed by atoms with Gasteiger partial charge in [0.25, 0.3) is 0 Å². The van der Waals surface area contributed by atoms with Crippen LogP contribution in [0.25, 0.3) is 0 Å². The zero-order chi connectivity index (χ0) is 14.0. The molecule has 1 aromatic carbocycles. The molecule has 0 aliphatic heterocycles. The molecule has 0 saturated heterocycles. The second-order valence-corrected chi connectivity index (χ2v) is 4.50. The van der Waals surface area contributed by atoms with Crippen LogP contribution in [0.15, 0.2) is 28.9 Å². The van der Waals surface area contributed by atoms with Crippen LogP contribution in [-0.2, 0) is 7.05 Å². The molecular formula is C11H10BrN3O4. The second kappa shape index (κ2) is 5.27. The Kier molecular flexibility index (Phi) is 3.70. The van der Waals surface area contributed by atoms with Crippen molar-refractivity contribution in [3.05, 3.63) is 39.0 Å². The third-order valence-corrected chi connectivity index (χ3v) is 2.94. The van der Waals surface area contributed by atoms with Crippen molar-refractivity contribution in [2.45, 2.75) is 0 Å². The maximum Gasteiger partial charge on any atom is 0.350 e. The monoisotopic (exact) mass is 327 g/mol. The molecule has 0 saturated carbocycles. The first-order valence-electron chi connectivity index (χ1n) is 5.20. The molecule has 7 nitrogen and oxygen atoms in total. The normalized spacial score (nSPS) is 10.3. The largest absolute Gasteiger partial charge is 0.497 e. The summed E-state index contributed by atoms with van der Waals surface area (Å²) in [5, 5.41) is 14.8. The Labute approximate surface area is 117 Å². The number of benzene rings is 1. The van der Waals surface area contributed by atoms with Crippen LogP contribution in [0.2, 0.25) is 0 Å². The van der Waals surface area contributed by atoms with Crippen molar-refractivity contribution in [2.75, 3.05) is 7.11 Å². The number of aromatic nitrogens is 2. The summed E-state index contributed by atoms with van der Waals surface area (Å²) in [4.78, 5) is 10.3. The lowest BCUT2D eigenvalue weighted by molar-refractivity contribution is -0.385. The van der Waals surface area contributed by atoms with Gasteiger partial charge in [0.15, 0.2) is 0 Å². The maximum atomic E-state index is 10.9. The van der Waals surface area contributed by atoms with Crippen LogP contribution in [0, 0.1) is 10.1 Å². The minimum atomic E-state index is -0.542. The zero-order valence-corrected chi connectivity index (χ0v) is 11.7. The first kappa shape index (κ1) is 13.3. The van der Waals surface area contributed by atoms with Crippen molar-refractivity contribution in [1.82, 2.24) is 9.78 Å². The van der Waals surface area contributed by atoms with Gasteiger partial charge < -0.3 is 9.47 Å². The predicted octanol–water partition coefficient (Wildman–Crippen LogP) is 2.89. The van der Waals surface area contributed by atoms with E-state index in [1.807, 2.05) is 0 Å². The molecule has 2 rings (SSSR count). The van der Waals surface area contributed by atoms with E-state index in [0.29, 0.717) is 16.0 Å². The van der Waals surface area contributed by atoms with E-state index in [2.05, 4.69) is 21.0 Å². The highest BCUT2D eigenvalue weighted by Crippen LogP contribution is 2.35. The molecule has 0 radical (unpaired) electrons. The first-order valence-corrected chi connectivity index (χ1v) is 6.00. The van der Waals surface area contributed by atoms with Crippen molar-refractivity contribution >= 4 is 21.6 Å². The van der Waals surface area contributed by atoms with Gasteiger partial charge in [-0.1, -0.05) is 0 Å². The standard InChI is InChI=1S/C11H10BrN3O4/c1-14-6-9(15(16)17)11(13-14)19-10-4-3-7(18-2)5-8(10)12/h3-6H,1-2H3. The molecular weight excluding hydrogens is 318 g/mol. The smallest absolute Gasteiger partial charge is 0.350 e. The van der Waals surface area contributed by atoms with Gasteiger partial charge in [-0.15, -0.1) is 5.10 Å². The minimum Gasteiger partial charge on any atom is -0.497 e. The van der Waals surface area contributed by atoms with Gasteiger partial charge in [-0.2, -0.15) is 0 Å². The van der Waals surface area contributed by atoms with Crippen LogP contribution in [0.1, 0.15) is 0 Å². The lowest BCUT2D eigenvalue weighted by Crippen LogP contribution is -1.93. The molecule has 0 unspecified atom stereocenters. The number of rotatable bonds is 4. The van der Waals surface area contributed by atoms with Gasteiger partial charge in [-0.3, -0.25) is 14.8 Å². The molecule has 2 aromatic rings. The molecule has 19 heavy (non-hydrogen) atoms. The average Bonchev–Trinajstić information content (AvgIpc) is 2.73. The number of halogens is 1. The molecule has 1 heterocycles. The maximum absolute atomic E-state index is 10.9. The first-order chi connectivity index (χ1) is 9.01. The van der Waals surface area contributed by atoms with Gasteiger partial charge in [0, 0.05) is 7.05 Å². The highest BCUT2D eigenvalue weighted by molar-refractivity contribution is 9.10. The Morgan fingerprint density at radius 3 is 2.79 bits per heavy atom. The van der Waals surface area contributed by atoms with E-state index in [4.69, 9.17) is 9.47 Å². The Morgan fingerprint density at radius 2 is 2.21 bits per heavy atom. The molecule has 1 aromatic heterocycles. The van der Waals surface area contributed by atoms with Crippen molar-refractivity contribution in [2.24, 2.45) is 7.05 Å². The summed E-state index contributed by atoms with van der Waals surface area (Å²) in [7, 11) is 3.13. The molecule has 0 spiro atoms. The molecule has 8 heteroatoms. The number of hydrogen-bond donors (Lipinski definition) is 0. The Bertz CT molecular complexity index is 626. The SMILES string of the molecule is COc1ccc(Oc2nn(C)cc2[N+](=O)[O-])c(Br)c1. The summed E-state index contributed by atoms with van der Waals surface area (Å²) >= 11 is 3.30. The number of methoxy groups -OCH3 is 1. The fourth-order valence-corrected chi connectivity index (χ4v) is 1.89. The second-order valence-electron chi connectivity index (χ2n) is 3.65. The minimum absolute atomic E-state index is 0.0571. The molecule has 0 bridgehead atoms. The molecule has 0 aliphatic rings. The fourth-order valence-electron chi connectivity index (χ4n) is 1.45. The summed E-state index contributed by atoms with van der Waals surface area (Å²) in [5.74, 6) is 1.01. The third-order valence-electron chi connectivity index (χ3n) is 2.32. The summed E-state index contributed by atoms with van der Waals surface area (Å²) in [5.41, 5.74) is -0.190. The highest BCUT2D eigenvalue weighted by atomic mass is 79.9. The van der Waals surface area contributed by atoms with E-state index in [1.165, 1.54) is 10.9 Å². The number of nitro groups is 1. The third kappa shape index (κ3) is 2.84. The van der Waals surface area contributed by atoms with E-state index in [0.717, 1.165) is 0 Å². The quantitative estimate of drug-likeness (QED) is 0.637. The number of aryl methyl sites for hydroxylation is 1. The Hall–Kier alpha value is -2.09. The summed E-state index contributed by atoms with van der Waals surface area (Å²) < 4.78 is 12.4. The van der Waals surface area contributed by atoms with Gasteiger partial charge in [-0.05, 0) is 34.1 Å². The van der Waals surface area contributed by atoms with Gasteiger partial charge in [0.1, 0.15) is 17.7 Å². The topological polar surface area (TPSA) is 79.4 Å². The number of hydrogen-bond acceptors (Lipinski definition) is 5. The van der Waals surface area contributed by atoms with Crippen LogP contribution >= 0.6 is 15.9 Å². The Balaban J connectivity index is 2.33. The lowest BCUT2D eigenvalue weighted by atomic mass is 10.3. The Morgan fingerprint density at radius 1 is 1.47 bits per heavy atom. The van der Waals surface area contributed by atoms with E-state index in [-0.39, 0.29) is 11.6 Å². The number of ether oxygens (including phenoxy) is 2. The number of nitrogens with zero attached hydrogens (tertiary/aromatic N) is 3. The van der Waals surface area contributed by atoms with Crippen LogP contribution in [-0.4, -0.2) is 21.8 Å². The molecule has 0 atom stereocenters. The molecule has 0 aliphatic carbocycles. The van der Waals surface area contributed by atoms with Crippen molar-refractivity contribution < 1.29 is 14.4 Å². The predicted molar refractivity (Wildman–Crippen MR) is 70.6 cm³/mol. The molecule has 100 valence electrons. The van der Waals surface area contributed by atoms with Crippen LogP contribution in [0.3, 0.4) is 0 Å². The van der Waals surface area contributed by atoms with E-state index >= 15 is 0 Å². The highest BCUT2D eigenvalue weighted by Gasteiger charge is 2.21. The summed E-state index contributed by atoms with van der Waals surface area (Å²) in [6.07, 6.45) is 1.28.